The number of pyridine rings is 1. The lowest BCUT2D eigenvalue weighted by Gasteiger charge is -2.43. The lowest BCUT2D eigenvalue weighted by molar-refractivity contribution is -0.123. The molecule has 1 aromatic heterocycles. The van der Waals surface area contributed by atoms with Gasteiger partial charge in [-0.3, -0.25) is 14.5 Å². The van der Waals surface area contributed by atoms with Crippen molar-refractivity contribution in [2.45, 2.75) is 31.7 Å². The predicted molar refractivity (Wildman–Crippen MR) is 118 cm³/mol. The van der Waals surface area contributed by atoms with E-state index in [1.54, 1.807) is 31.2 Å². The van der Waals surface area contributed by atoms with Crippen LogP contribution in [0.5, 0.6) is 0 Å². The quantitative estimate of drug-likeness (QED) is 0.738. The van der Waals surface area contributed by atoms with Gasteiger partial charge in [0.05, 0.1) is 22.5 Å². The molecule has 0 radical (unpaired) electrons. The summed E-state index contributed by atoms with van der Waals surface area (Å²) in [6, 6.07) is 8.82. The van der Waals surface area contributed by atoms with Crippen molar-refractivity contribution >= 4 is 52.1 Å². The van der Waals surface area contributed by atoms with Crippen LogP contribution in [-0.2, 0) is 4.79 Å². The van der Waals surface area contributed by atoms with Crippen molar-refractivity contribution in [3.8, 4) is 6.07 Å². The normalized spacial score (nSPS) is 17.1. The Labute approximate surface area is 184 Å². The van der Waals surface area contributed by atoms with Crippen LogP contribution in [0.2, 0.25) is 5.02 Å². The van der Waals surface area contributed by atoms with Gasteiger partial charge in [-0.25, -0.2) is 4.98 Å². The highest BCUT2D eigenvalue weighted by molar-refractivity contribution is 7.81. The lowest BCUT2D eigenvalue weighted by atomic mass is 9.75. The number of hydrogen-bond donors (Lipinski definition) is 1. The van der Waals surface area contributed by atoms with Crippen molar-refractivity contribution in [1.29, 1.82) is 5.26 Å². The number of anilines is 2. The fraction of sp³-hybridized carbons (Fsp3) is 0.286. The Morgan fingerprint density at radius 2 is 2.07 bits per heavy atom. The van der Waals surface area contributed by atoms with Crippen molar-refractivity contribution < 1.29 is 9.59 Å². The van der Waals surface area contributed by atoms with Crippen LogP contribution < -0.4 is 15.1 Å². The zero-order valence-electron chi connectivity index (χ0n) is 16.4. The smallest absolute Gasteiger partial charge is 0.259 e. The highest BCUT2D eigenvalue weighted by Crippen LogP contribution is 2.48. The van der Waals surface area contributed by atoms with Gasteiger partial charge in [0.2, 0.25) is 0 Å². The number of thiocarbonyl (C=S) groups is 1. The van der Waals surface area contributed by atoms with E-state index >= 15 is 0 Å². The number of nitrogens with one attached hydrogen (secondary N) is 1. The van der Waals surface area contributed by atoms with E-state index in [2.05, 4.69) is 10.3 Å². The van der Waals surface area contributed by atoms with Gasteiger partial charge in [0.1, 0.15) is 17.3 Å². The summed E-state index contributed by atoms with van der Waals surface area (Å²) in [4.78, 5) is 32.9. The second-order valence-electron chi connectivity index (χ2n) is 7.36. The Morgan fingerprint density at radius 1 is 1.33 bits per heavy atom. The van der Waals surface area contributed by atoms with Crippen LogP contribution >= 0.6 is 23.8 Å². The van der Waals surface area contributed by atoms with E-state index in [9.17, 15) is 9.59 Å². The van der Waals surface area contributed by atoms with Crippen LogP contribution in [-0.4, -0.2) is 34.5 Å². The highest BCUT2D eigenvalue weighted by atomic mass is 35.5. The Hall–Kier alpha value is -3.02. The summed E-state index contributed by atoms with van der Waals surface area (Å²) in [5, 5.41) is 12.3. The van der Waals surface area contributed by atoms with Crippen molar-refractivity contribution in [3.05, 3.63) is 52.3 Å². The second kappa shape index (κ2) is 7.35. The molecule has 4 rings (SSSR count). The Morgan fingerprint density at radius 3 is 2.60 bits per heavy atom. The number of rotatable bonds is 3. The van der Waals surface area contributed by atoms with Gasteiger partial charge >= 0.3 is 0 Å². The number of benzene rings is 1. The summed E-state index contributed by atoms with van der Waals surface area (Å²) >= 11 is 12.1. The predicted octanol–water partition coefficient (Wildman–Crippen LogP) is 3.34. The zero-order chi connectivity index (χ0) is 21.6. The number of aryl methyl sites for hydroxylation is 1. The molecular formula is C21H18ClN5O2S. The molecule has 1 aliphatic heterocycles. The van der Waals surface area contributed by atoms with E-state index in [1.807, 2.05) is 11.0 Å². The zero-order valence-corrected chi connectivity index (χ0v) is 18.0. The number of nitriles is 1. The van der Waals surface area contributed by atoms with Crippen molar-refractivity contribution in [2.75, 3.05) is 16.8 Å². The molecule has 1 aliphatic carbocycles. The lowest BCUT2D eigenvalue weighted by Crippen LogP contribution is -2.55. The first-order chi connectivity index (χ1) is 14.3. The molecule has 1 N–H and O–H groups in total. The molecule has 2 aromatic rings. The van der Waals surface area contributed by atoms with E-state index in [1.165, 1.54) is 18.1 Å². The van der Waals surface area contributed by atoms with Crippen molar-refractivity contribution in [2.24, 2.45) is 0 Å². The number of nitrogens with zero attached hydrogens (tertiary/aromatic N) is 4. The van der Waals surface area contributed by atoms with Crippen LogP contribution in [0.1, 0.15) is 40.9 Å². The first kappa shape index (κ1) is 20.3. The molecule has 0 atom stereocenters. The van der Waals surface area contributed by atoms with Gasteiger partial charge in [0, 0.05) is 12.7 Å². The summed E-state index contributed by atoms with van der Waals surface area (Å²) in [7, 11) is 1.54. The maximum absolute atomic E-state index is 13.5. The van der Waals surface area contributed by atoms with Crippen LogP contribution in [0, 0.1) is 18.3 Å². The monoisotopic (exact) mass is 439 g/mol. The van der Waals surface area contributed by atoms with Gasteiger partial charge < -0.3 is 10.2 Å². The largest absolute Gasteiger partial charge is 0.355 e. The maximum Gasteiger partial charge on any atom is 0.259 e. The van der Waals surface area contributed by atoms with E-state index in [0.717, 1.165) is 6.42 Å². The average Bonchev–Trinajstić information content (AvgIpc) is 2.94. The summed E-state index contributed by atoms with van der Waals surface area (Å²) in [6.07, 6.45) is 3.74. The maximum atomic E-state index is 13.5. The molecule has 152 valence electrons. The van der Waals surface area contributed by atoms with Crippen LogP contribution in [0.3, 0.4) is 0 Å². The fourth-order valence-electron chi connectivity index (χ4n) is 3.97. The standard InChI is InChI=1S/C21H18ClN5O2S/c1-12-8-14(11-25-17(12)10-23)26-19(29)21(6-3-7-21)27(20(26)30)13-4-5-15(16(22)9-13)18(28)24-2/h4-5,8-9,11H,3,6-7H2,1-2H3,(H,24,28). The van der Waals surface area contributed by atoms with E-state index in [0.29, 0.717) is 46.1 Å². The Kier molecular flexibility index (Phi) is 4.96. The minimum absolute atomic E-state index is 0.115. The van der Waals surface area contributed by atoms with Crippen LogP contribution in [0.25, 0.3) is 0 Å². The molecule has 2 amide bonds. The highest BCUT2D eigenvalue weighted by Gasteiger charge is 2.59. The van der Waals surface area contributed by atoms with Gasteiger partial charge in [0.25, 0.3) is 11.8 Å². The molecule has 9 heteroatoms. The molecule has 30 heavy (non-hydrogen) atoms. The minimum atomic E-state index is -0.767. The summed E-state index contributed by atoms with van der Waals surface area (Å²) in [6.45, 7) is 1.77. The molecule has 1 spiro atoms. The number of carbonyl (C=O) groups is 2. The van der Waals surface area contributed by atoms with E-state index in [-0.39, 0.29) is 16.8 Å². The van der Waals surface area contributed by atoms with Gasteiger partial charge in [-0.15, -0.1) is 0 Å². The minimum Gasteiger partial charge on any atom is -0.355 e. The second-order valence-corrected chi connectivity index (χ2v) is 8.13. The summed E-state index contributed by atoms with van der Waals surface area (Å²) < 4.78 is 0. The third kappa shape index (κ3) is 2.85. The first-order valence-corrected chi connectivity index (χ1v) is 10.2. The Bertz CT molecular complexity index is 1140. The van der Waals surface area contributed by atoms with Gasteiger partial charge in [0.15, 0.2) is 5.11 Å². The molecule has 1 aromatic carbocycles. The molecule has 0 unspecified atom stereocenters. The molecular weight excluding hydrogens is 422 g/mol. The molecule has 0 bridgehead atoms. The molecule has 2 aliphatic rings. The molecule has 2 heterocycles. The number of carbonyl (C=O) groups excluding carboxylic acids is 2. The van der Waals surface area contributed by atoms with Crippen molar-refractivity contribution in [3.63, 3.8) is 0 Å². The number of aromatic nitrogens is 1. The number of amides is 2. The van der Waals surface area contributed by atoms with E-state index < -0.39 is 5.54 Å². The first-order valence-electron chi connectivity index (χ1n) is 9.41. The topological polar surface area (TPSA) is 89.3 Å². The fourth-order valence-corrected chi connectivity index (χ4v) is 4.70. The third-order valence-electron chi connectivity index (χ3n) is 5.70. The molecule has 1 saturated heterocycles. The van der Waals surface area contributed by atoms with E-state index in [4.69, 9.17) is 29.1 Å². The van der Waals surface area contributed by atoms with Gasteiger partial charge in [-0.05, 0) is 68.2 Å². The van der Waals surface area contributed by atoms with Crippen molar-refractivity contribution in [1.82, 2.24) is 10.3 Å². The SMILES string of the molecule is CNC(=O)c1ccc(N2C(=S)N(c3cnc(C#N)c(C)c3)C(=O)C23CCC3)cc1Cl. The number of hydrogen-bond acceptors (Lipinski definition) is 5. The number of halogens is 1. The summed E-state index contributed by atoms with van der Waals surface area (Å²) in [5.41, 5.74) is 1.75. The molecule has 7 nitrogen and oxygen atoms in total. The molecule has 2 fully saturated rings. The Balaban J connectivity index is 1.78. The van der Waals surface area contributed by atoms with Gasteiger partial charge in [-0.2, -0.15) is 5.26 Å². The van der Waals surface area contributed by atoms with Crippen LogP contribution in [0.15, 0.2) is 30.5 Å². The summed E-state index contributed by atoms with van der Waals surface area (Å²) in [5.74, 6) is -0.401. The average molecular weight is 440 g/mol. The molecule has 1 saturated carbocycles. The third-order valence-corrected chi connectivity index (χ3v) is 6.38. The van der Waals surface area contributed by atoms with Gasteiger partial charge in [-0.1, -0.05) is 11.6 Å². The van der Waals surface area contributed by atoms with Crippen LogP contribution in [0.4, 0.5) is 11.4 Å².